The van der Waals surface area contributed by atoms with E-state index in [0.29, 0.717) is 0 Å². The van der Waals surface area contributed by atoms with Gasteiger partial charge in [0.1, 0.15) is 5.75 Å². The second-order valence-electron chi connectivity index (χ2n) is 5.43. The first-order valence-electron chi connectivity index (χ1n) is 7.53. The molecule has 0 heterocycles. The number of aromatic hydroxyl groups is 1. The smallest absolute Gasteiger partial charge is 0.335 e. The molecule has 0 bridgehead atoms. The Hall–Kier alpha value is -3.33. The van der Waals surface area contributed by atoms with Crippen molar-refractivity contribution in [2.45, 2.75) is 0 Å². The Morgan fingerprint density at radius 1 is 0.667 bits per heavy atom. The Morgan fingerprint density at radius 2 is 1.08 bits per heavy atom. The van der Waals surface area contributed by atoms with E-state index < -0.39 is 5.97 Å². The molecular formula is C21H16O3. The summed E-state index contributed by atoms with van der Waals surface area (Å²) >= 11 is 0. The minimum atomic E-state index is -0.921. The third-order valence-corrected chi connectivity index (χ3v) is 3.74. The minimum Gasteiger partial charge on any atom is -0.508 e. The Balaban J connectivity index is 1.73. The molecule has 0 fully saturated rings. The highest BCUT2D eigenvalue weighted by atomic mass is 16.4. The number of phenolic OH excluding ortho intramolecular Hbond substituents is 1. The van der Waals surface area contributed by atoms with Crippen LogP contribution in [0.25, 0.3) is 23.3 Å². The SMILES string of the molecule is O=C(O)c1ccc(C=Cc2ccc(-c3ccc(O)cc3)cc2)cc1. The maximum atomic E-state index is 10.8. The van der Waals surface area contributed by atoms with Crippen molar-refractivity contribution in [1.29, 1.82) is 0 Å². The Bertz CT molecular complexity index is 858. The molecule has 2 N–H and O–H groups in total. The van der Waals surface area contributed by atoms with Crippen molar-refractivity contribution in [2.24, 2.45) is 0 Å². The van der Waals surface area contributed by atoms with E-state index in [2.05, 4.69) is 0 Å². The molecule has 118 valence electrons. The summed E-state index contributed by atoms with van der Waals surface area (Å²) in [7, 11) is 0. The number of phenols is 1. The maximum absolute atomic E-state index is 10.8. The molecule has 0 aromatic heterocycles. The molecule has 0 spiro atoms. The van der Waals surface area contributed by atoms with Gasteiger partial charge in [0.2, 0.25) is 0 Å². The quantitative estimate of drug-likeness (QED) is 0.671. The summed E-state index contributed by atoms with van der Waals surface area (Å²) < 4.78 is 0. The molecule has 0 aliphatic carbocycles. The van der Waals surface area contributed by atoms with E-state index in [9.17, 15) is 9.90 Å². The van der Waals surface area contributed by atoms with Gasteiger partial charge in [-0.15, -0.1) is 0 Å². The zero-order chi connectivity index (χ0) is 16.9. The fraction of sp³-hybridized carbons (Fsp3) is 0. The van der Waals surface area contributed by atoms with E-state index in [4.69, 9.17) is 5.11 Å². The lowest BCUT2D eigenvalue weighted by Crippen LogP contribution is -1.94. The summed E-state index contributed by atoms with van der Waals surface area (Å²) in [6, 6.07) is 21.9. The molecule has 0 amide bonds. The average molecular weight is 316 g/mol. The Kier molecular flexibility index (Phi) is 4.43. The van der Waals surface area contributed by atoms with Crippen molar-refractivity contribution in [3.8, 4) is 16.9 Å². The zero-order valence-corrected chi connectivity index (χ0v) is 12.9. The minimum absolute atomic E-state index is 0.257. The summed E-state index contributed by atoms with van der Waals surface area (Å²) in [6.07, 6.45) is 3.93. The summed E-state index contributed by atoms with van der Waals surface area (Å²) in [5, 5.41) is 18.2. The first-order valence-corrected chi connectivity index (χ1v) is 7.53. The van der Waals surface area contributed by atoms with Gasteiger partial charge in [0.15, 0.2) is 0 Å². The lowest BCUT2D eigenvalue weighted by molar-refractivity contribution is 0.0697. The second-order valence-corrected chi connectivity index (χ2v) is 5.43. The van der Waals surface area contributed by atoms with Crippen molar-refractivity contribution >= 4 is 18.1 Å². The number of aromatic carboxylic acids is 1. The fourth-order valence-corrected chi connectivity index (χ4v) is 2.37. The van der Waals surface area contributed by atoms with Gasteiger partial charge < -0.3 is 10.2 Å². The number of rotatable bonds is 4. The molecule has 0 aliphatic heterocycles. The first-order chi connectivity index (χ1) is 11.6. The van der Waals surface area contributed by atoms with Gasteiger partial charge in [-0.3, -0.25) is 0 Å². The average Bonchev–Trinajstić information content (AvgIpc) is 2.61. The van der Waals surface area contributed by atoms with Crippen LogP contribution in [0.5, 0.6) is 5.75 Å². The Labute approximate surface area is 140 Å². The van der Waals surface area contributed by atoms with Crippen LogP contribution in [0.1, 0.15) is 21.5 Å². The summed E-state index contributed by atoms with van der Waals surface area (Å²) in [4.78, 5) is 10.8. The number of carboxylic acids is 1. The van der Waals surface area contributed by atoms with Crippen molar-refractivity contribution in [2.75, 3.05) is 0 Å². The topological polar surface area (TPSA) is 57.5 Å². The van der Waals surface area contributed by atoms with E-state index in [1.807, 2.05) is 48.6 Å². The van der Waals surface area contributed by atoms with E-state index in [-0.39, 0.29) is 11.3 Å². The third kappa shape index (κ3) is 3.70. The van der Waals surface area contributed by atoms with Crippen molar-refractivity contribution in [3.05, 3.63) is 89.5 Å². The fourth-order valence-electron chi connectivity index (χ4n) is 2.37. The molecule has 0 saturated carbocycles. The second kappa shape index (κ2) is 6.84. The van der Waals surface area contributed by atoms with Crippen LogP contribution in [-0.4, -0.2) is 16.2 Å². The number of benzene rings is 3. The van der Waals surface area contributed by atoms with Crippen LogP contribution >= 0.6 is 0 Å². The molecule has 3 aromatic carbocycles. The van der Waals surface area contributed by atoms with Gasteiger partial charge in [-0.25, -0.2) is 4.79 Å². The Morgan fingerprint density at radius 3 is 1.54 bits per heavy atom. The highest BCUT2D eigenvalue weighted by Gasteiger charge is 2.00. The molecule has 0 saturated heterocycles. The van der Waals surface area contributed by atoms with Gasteiger partial charge in [-0.05, 0) is 46.5 Å². The largest absolute Gasteiger partial charge is 0.508 e. The van der Waals surface area contributed by atoms with Crippen LogP contribution in [0.4, 0.5) is 0 Å². The molecule has 0 unspecified atom stereocenters. The molecule has 0 radical (unpaired) electrons. The number of hydrogen-bond acceptors (Lipinski definition) is 2. The normalized spacial score (nSPS) is 10.8. The van der Waals surface area contributed by atoms with Gasteiger partial charge in [0, 0.05) is 0 Å². The summed E-state index contributed by atoms with van der Waals surface area (Å²) in [5.74, 6) is -0.664. The molecule has 3 aromatic rings. The monoisotopic (exact) mass is 316 g/mol. The van der Waals surface area contributed by atoms with Crippen LogP contribution in [-0.2, 0) is 0 Å². The van der Waals surface area contributed by atoms with E-state index in [1.165, 1.54) is 0 Å². The predicted molar refractivity (Wildman–Crippen MR) is 95.9 cm³/mol. The van der Waals surface area contributed by atoms with Crippen molar-refractivity contribution < 1.29 is 15.0 Å². The van der Waals surface area contributed by atoms with Gasteiger partial charge in [0.05, 0.1) is 5.56 Å². The maximum Gasteiger partial charge on any atom is 0.335 e. The molecule has 0 atom stereocenters. The predicted octanol–water partition coefficient (Wildman–Crippen LogP) is 4.93. The molecule has 0 aliphatic rings. The van der Waals surface area contributed by atoms with Crippen molar-refractivity contribution in [3.63, 3.8) is 0 Å². The number of carboxylic acid groups (broad SMARTS) is 1. The van der Waals surface area contributed by atoms with Crippen LogP contribution in [0.15, 0.2) is 72.8 Å². The zero-order valence-electron chi connectivity index (χ0n) is 12.9. The first kappa shape index (κ1) is 15.6. The van der Waals surface area contributed by atoms with Crippen LogP contribution in [0, 0.1) is 0 Å². The number of carbonyl (C=O) groups is 1. The third-order valence-electron chi connectivity index (χ3n) is 3.74. The molecule has 24 heavy (non-hydrogen) atoms. The van der Waals surface area contributed by atoms with Crippen LogP contribution in [0.2, 0.25) is 0 Å². The van der Waals surface area contributed by atoms with Gasteiger partial charge >= 0.3 is 5.97 Å². The standard InChI is InChI=1S/C21H16O3/c22-20-13-11-18(12-14-20)17-7-3-15(4-8-17)1-2-16-5-9-19(10-6-16)21(23)24/h1-14,22H,(H,23,24). The molecule has 3 nitrogen and oxygen atoms in total. The highest BCUT2D eigenvalue weighted by molar-refractivity contribution is 5.88. The van der Waals surface area contributed by atoms with Gasteiger partial charge in [0.25, 0.3) is 0 Å². The van der Waals surface area contributed by atoms with E-state index in [1.54, 1.807) is 36.4 Å². The van der Waals surface area contributed by atoms with Crippen molar-refractivity contribution in [1.82, 2.24) is 0 Å². The van der Waals surface area contributed by atoms with Crippen LogP contribution < -0.4 is 0 Å². The van der Waals surface area contributed by atoms with Crippen LogP contribution in [0.3, 0.4) is 0 Å². The van der Waals surface area contributed by atoms with Gasteiger partial charge in [-0.2, -0.15) is 0 Å². The number of hydrogen-bond donors (Lipinski definition) is 2. The highest BCUT2D eigenvalue weighted by Crippen LogP contribution is 2.22. The summed E-state index contributed by atoms with van der Waals surface area (Å²) in [5.41, 5.74) is 4.42. The molecular weight excluding hydrogens is 300 g/mol. The lowest BCUT2D eigenvalue weighted by Gasteiger charge is -2.03. The molecule has 3 rings (SSSR count). The van der Waals surface area contributed by atoms with Gasteiger partial charge in [-0.1, -0.05) is 60.7 Å². The summed E-state index contributed by atoms with van der Waals surface area (Å²) in [6.45, 7) is 0. The van der Waals surface area contributed by atoms with E-state index >= 15 is 0 Å². The molecule has 3 heteroatoms. The lowest BCUT2D eigenvalue weighted by atomic mass is 10.0. The van der Waals surface area contributed by atoms with E-state index in [0.717, 1.165) is 22.3 Å².